The molecule has 0 aromatic heterocycles. The summed E-state index contributed by atoms with van der Waals surface area (Å²) >= 11 is 0. The maximum atomic E-state index is 12.2. The molecule has 0 heterocycles. The molecule has 0 bridgehead atoms. The molecule has 1 amide bonds. The standard InChI is InChI=1S/C21H21N3O3/c1-15(2)19-9-8-17(13-20(19)24(26)27)12-18(14-22)21(25)23-11-10-16-6-4-3-5-7-16/h3-9,12-13,15H,10-11H2,1-2H3,(H,23,25)/b18-12+. The van der Waals surface area contributed by atoms with Crippen LogP contribution in [0.15, 0.2) is 54.1 Å². The Balaban J connectivity index is 2.12. The molecule has 0 unspecified atom stereocenters. The molecular weight excluding hydrogens is 342 g/mol. The van der Waals surface area contributed by atoms with Gasteiger partial charge in [0, 0.05) is 18.2 Å². The second kappa shape index (κ2) is 9.30. The van der Waals surface area contributed by atoms with E-state index in [1.807, 2.05) is 50.2 Å². The Morgan fingerprint density at radius 1 is 1.26 bits per heavy atom. The summed E-state index contributed by atoms with van der Waals surface area (Å²) in [5, 5.41) is 23.3. The molecule has 6 heteroatoms. The zero-order valence-corrected chi connectivity index (χ0v) is 15.3. The predicted octanol–water partition coefficient (Wildman–Crippen LogP) is 3.98. The molecule has 2 aromatic rings. The van der Waals surface area contributed by atoms with E-state index in [-0.39, 0.29) is 17.2 Å². The molecule has 2 rings (SSSR count). The highest BCUT2D eigenvalue weighted by atomic mass is 16.6. The van der Waals surface area contributed by atoms with Crippen LogP contribution in [0.5, 0.6) is 0 Å². The molecule has 0 radical (unpaired) electrons. The Hall–Kier alpha value is -3.46. The number of carbonyl (C=O) groups is 1. The van der Waals surface area contributed by atoms with Gasteiger partial charge in [-0.15, -0.1) is 0 Å². The Labute approximate surface area is 158 Å². The molecule has 2 aromatic carbocycles. The summed E-state index contributed by atoms with van der Waals surface area (Å²) in [7, 11) is 0. The van der Waals surface area contributed by atoms with Crippen molar-refractivity contribution in [2.75, 3.05) is 6.54 Å². The molecule has 138 valence electrons. The quantitative estimate of drug-likeness (QED) is 0.348. The van der Waals surface area contributed by atoms with Crippen molar-refractivity contribution in [3.63, 3.8) is 0 Å². The Kier molecular flexibility index (Phi) is 6.84. The summed E-state index contributed by atoms with van der Waals surface area (Å²) in [6.07, 6.45) is 2.02. The van der Waals surface area contributed by atoms with Gasteiger partial charge in [0.1, 0.15) is 11.6 Å². The van der Waals surface area contributed by atoms with E-state index in [0.29, 0.717) is 24.1 Å². The molecule has 0 saturated carbocycles. The van der Waals surface area contributed by atoms with Crippen molar-refractivity contribution in [2.24, 2.45) is 0 Å². The third kappa shape index (κ3) is 5.51. The van der Waals surface area contributed by atoms with Crippen LogP contribution in [-0.2, 0) is 11.2 Å². The van der Waals surface area contributed by atoms with E-state index in [0.717, 1.165) is 5.56 Å². The molecule has 0 aliphatic heterocycles. The molecule has 0 saturated heterocycles. The first-order valence-electron chi connectivity index (χ1n) is 8.64. The molecule has 0 aliphatic carbocycles. The van der Waals surface area contributed by atoms with Crippen LogP contribution in [0.3, 0.4) is 0 Å². The molecule has 27 heavy (non-hydrogen) atoms. The fourth-order valence-corrected chi connectivity index (χ4v) is 2.67. The van der Waals surface area contributed by atoms with Crippen LogP contribution in [-0.4, -0.2) is 17.4 Å². The van der Waals surface area contributed by atoms with Crippen LogP contribution in [0.1, 0.15) is 36.5 Å². The van der Waals surface area contributed by atoms with Crippen LogP contribution in [0.2, 0.25) is 0 Å². The second-order valence-electron chi connectivity index (χ2n) is 6.39. The average molecular weight is 363 g/mol. The fourth-order valence-electron chi connectivity index (χ4n) is 2.67. The zero-order chi connectivity index (χ0) is 19.8. The van der Waals surface area contributed by atoms with E-state index in [1.165, 1.54) is 12.1 Å². The second-order valence-corrected chi connectivity index (χ2v) is 6.39. The first-order valence-corrected chi connectivity index (χ1v) is 8.64. The van der Waals surface area contributed by atoms with Gasteiger partial charge in [0.2, 0.25) is 0 Å². The van der Waals surface area contributed by atoms with Gasteiger partial charge in [0.25, 0.3) is 11.6 Å². The number of hydrogen-bond acceptors (Lipinski definition) is 4. The van der Waals surface area contributed by atoms with Crippen LogP contribution in [0, 0.1) is 21.4 Å². The van der Waals surface area contributed by atoms with Crippen molar-refractivity contribution in [1.29, 1.82) is 5.26 Å². The van der Waals surface area contributed by atoms with Gasteiger partial charge in [-0.2, -0.15) is 5.26 Å². The van der Waals surface area contributed by atoms with Gasteiger partial charge in [-0.3, -0.25) is 14.9 Å². The molecule has 1 N–H and O–H groups in total. The third-order valence-electron chi connectivity index (χ3n) is 4.09. The van der Waals surface area contributed by atoms with Gasteiger partial charge >= 0.3 is 0 Å². The van der Waals surface area contributed by atoms with Gasteiger partial charge in [-0.05, 0) is 29.5 Å². The number of nitrogens with one attached hydrogen (secondary N) is 1. The summed E-state index contributed by atoms with van der Waals surface area (Å²) in [6, 6.07) is 16.3. The van der Waals surface area contributed by atoms with E-state index >= 15 is 0 Å². The number of nitrogens with zero attached hydrogens (tertiary/aromatic N) is 2. The predicted molar refractivity (Wildman–Crippen MR) is 104 cm³/mol. The average Bonchev–Trinajstić information content (AvgIpc) is 2.66. The molecule has 6 nitrogen and oxygen atoms in total. The highest BCUT2D eigenvalue weighted by Crippen LogP contribution is 2.28. The number of nitriles is 1. The minimum absolute atomic E-state index is 0.000141. The number of carbonyl (C=O) groups excluding carboxylic acids is 1. The van der Waals surface area contributed by atoms with Gasteiger partial charge < -0.3 is 5.32 Å². The van der Waals surface area contributed by atoms with Crippen LogP contribution in [0.4, 0.5) is 5.69 Å². The van der Waals surface area contributed by atoms with Crippen molar-refractivity contribution in [3.8, 4) is 6.07 Å². The first kappa shape index (κ1) is 19.9. The van der Waals surface area contributed by atoms with Crippen molar-refractivity contribution in [1.82, 2.24) is 5.32 Å². The highest BCUT2D eigenvalue weighted by molar-refractivity contribution is 6.01. The number of amides is 1. The number of nitro benzene ring substituents is 1. The topological polar surface area (TPSA) is 96.0 Å². The lowest BCUT2D eigenvalue weighted by atomic mass is 9.98. The molecule has 0 spiro atoms. The summed E-state index contributed by atoms with van der Waals surface area (Å²) in [6.45, 7) is 4.14. The van der Waals surface area contributed by atoms with E-state index in [9.17, 15) is 20.2 Å². The van der Waals surface area contributed by atoms with E-state index in [1.54, 1.807) is 12.1 Å². The van der Waals surface area contributed by atoms with Gasteiger partial charge in [0.05, 0.1) is 4.92 Å². The lowest BCUT2D eigenvalue weighted by Crippen LogP contribution is -2.26. The summed E-state index contributed by atoms with van der Waals surface area (Å²) < 4.78 is 0. The lowest BCUT2D eigenvalue weighted by molar-refractivity contribution is -0.385. The van der Waals surface area contributed by atoms with Crippen molar-refractivity contribution in [3.05, 3.63) is 80.9 Å². The monoisotopic (exact) mass is 363 g/mol. The minimum atomic E-state index is -0.496. The smallest absolute Gasteiger partial charge is 0.273 e. The van der Waals surface area contributed by atoms with Gasteiger partial charge in [0.15, 0.2) is 0 Å². The van der Waals surface area contributed by atoms with Crippen LogP contribution < -0.4 is 5.32 Å². The lowest BCUT2D eigenvalue weighted by Gasteiger charge is -2.08. The number of rotatable bonds is 7. The largest absolute Gasteiger partial charge is 0.351 e. The number of hydrogen-bond donors (Lipinski definition) is 1. The Morgan fingerprint density at radius 2 is 1.96 bits per heavy atom. The van der Waals surface area contributed by atoms with Crippen molar-refractivity contribution >= 4 is 17.7 Å². The maximum Gasteiger partial charge on any atom is 0.273 e. The fraction of sp³-hybridized carbons (Fsp3) is 0.238. The molecule has 0 aliphatic rings. The SMILES string of the molecule is CC(C)c1ccc(/C=C(\C#N)C(=O)NCCc2ccccc2)cc1[N+](=O)[O-]. The normalized spacial score (nSPS) is 11.1. The third-order valence-corrected chi connectivity index (χ3v) is 4.09. The van der Waals surface area contributed by atoms with Gasteiger partial charge in [-0.1, -0.05) is 56.3 Å². The Morgan fingerprint density at radius 3 is 2.56 bits per heavy atom. The first-order chi connectivity index (χ1) is 12.9. The number of benzene rings is 2. The van der Waals surface area contributed by atoms with Crippen molar-refractivity contribution in [2.45, 2.75) is 26.2 Å². The molecule has 0 fully saturated rings. The van der Waals surface area contributed by atoms with E-state index in [2.05, 4.69) is 5.32 Å². The molecular formula is C21H21N3O3. The minimum Gasteiger partial charge on any atom is -0.351 e. The van der Waals surface area contributed by atoms with Gasteiger partial charge in [-0.25, -0.2) is 0 Å². The zero-order valence-electron chi connectivity index (χ0n) is 15.3. The summed E-state index contributed by atoms with van der Waals surface area (Å²) in [4.78, 5) is 23.1. The maximum absolute atomic E-state index is 12.2. The van der Waals surface area contributed by atoms with Crippen LogP contribution >= 0.6 is 0 Å². The van der Waals surface area contributed by atoms with E-state index in [4.69, 9.17) is 0 Å². The summed E-state index contributed by atoms with van der Waals surface area (Å²) in [5.74, 6) is -0.496. The highest BCUT2D eigenvalue weighted by Gasteiger charge is 2.17. The van der Waals surface area contributed by atoms with Crippen LogP contribution in [0.25, 0.3) is 6.08 Å². The van der Waals surface area contributed by atoms with Crippen molar-refractivity contribution < 1.29 is 9.72 Å². The number of nitro groups is 1. The Bertz CT molecular complexity index is 897. The molecule has 0 atom stereocenters. The summed E-state index contributed by atoms with van der Waals surface area (Å²) in [5.41, 5.74) is 2.04. The van der Waals surface area contributed by atoms with E-state index < -0.39 is 10.8 Å².